The van der Waals surface area contributed by atoms with Gasteiger partial charge in [0.1, 0.15) is 0 Å². The highest BCUT2D eigenvalue weighted by atomic mass is 32.2. The maximum Gasteiger partial charge on any atom is 0.219 e. The lowest BCUT2D eigenvalue weighted by Gasteiger charge is -2.30. The van der Waals surface area contributed by atoms with Crippen molar-refractivity contribution in [1.29, 1.82) is 0 Å². The van der Waals surface area contributed by atoms with Crippen LogP contribution in [-0.2, 0) is 14.8 Å². The summed E-state index contributed by atoms with van der Waals surface area (Å²) in [5, 5.41) is 4.43. The van der Waals surface area contributed by atoms with Gasteiger partial charge >= 0.3 is 0 Å². The molecule has 1 heterocycles. The summed E-state index contributed by atoms with van der Waals surface area (Å²) in [5.41, 5.74) is 0. The van der Waals surface area contributed by atoms with E-state index in [1.807, 2.05) is 0 Å². The predicted octanol–water partition coefficient (Wildman–Crippen LogP) is -0.714. The van der Waals surface area contributed by atoms with Crippen LogP contribution in [0.1, 0.15) is 19.8 Å². The van der Waals surface area contributed by atoms with Gasteiger partial charge in [0, 0.05) is 20.0 Å². The fourth-order valence-electron chi connectivity index (χ4n) is 1.49. The van der Waals surface area contributed by atoms with Crippen molar-refractivity contribution in [2.24, 2.45) is 5.14 Å². The van der Waals surface area contributed by atoms with E-state index in [1.54, 1.807) is 0 Å². The smallest absolute Gasteiger partial charge is 0.219 e. The molecule has 0 aliphatic carbocycles. The molecule has 0 bridgehead atoms. The van der Waals surface area contributed by atoms with Gasteiger partial charge in [0.25, 0.3) is 0 Å². The maximum atomic E-state index is 11.0. The molecule has 0 saturated carbocycles. The summed E-state index contributed by atoms with van der Waals surface area (Å²) in [4.78, 5) is 12.5. The molecule has 76 valence electrons. The van der Waals surface area contributed by atoms with Crippen molar-refractivity contribution >= 4 is 15.9 Å². The first-order chi connectivity index (χ1) is 5.91. The van der Waals surface area contributed by atoms with E-state index in [9.17, 15) is 13.2 Å². The van der Waals surface area contributed by atoms with Crippen molar-refractivity contribution < 1.29 is 13.2 Å². The summed E-state index contributed by atoms with van der Waals surface area (Å²) in [6.07, 6.45) is 1.27. The number of hydrogen-bond acceptors (Lipinski definition) is 3. The molecule has 1 aliphatic rings. The van der Waals surface area contributed by atoms with Crippen LogP contribution in [0.15, 0.2) is 0 Å². The first kappa shape index (κ1) is 10.5. The Morgan fingerprint density at radius 3 is 2.62 bits per heavy atom. The normalized spacial score (nSPS) is 24.5. The van der Waals surface area contributed by atoms with Crippen LogP contribution in [0.5, 0.6) is 0 Å². The lowest BCUT2D eigenvalue weighted by Crippen LogP contribution is -2.46. The summed E-state index contributed by atoms with van der Waals surface area (Å²) in [6, 6.07) is 0. The second-order valence-electron chi connectivity index (χ2n) is 3.32. The molecule has 5 nitrogen and oxygen atoms in total. The SMILES string of the molecule is CC(=O)N1CCC[C@@H](S(N)(=O)=O)C1. The molecule has 1 amide bonds. The Bertz CT molecular complexity index is 299. The molecule has 1 rings (SSSR count). The number of nitrogens with zero attached hydrogens (tertiary/aromatic N) is 1. The van der Waals surface area contributed by atoms with Gasteiger partial charge in [0.2, 0.25) is 15.9 Å². The standard InChI is InChI=1S/C7H14N2O3S/c1-6(10)9-4-2-3-7(5-9)13(8,11)12/h7H,2-5H2,1H3,(H2,8,11,12)/t7-/m1/s1. The minimum Gasteiger partial charge on any atom is -0.342 e. The molecule has 6 heteroatoms. The zero-order chi connectivity index (χ0) is 10.1. The predicted molar refractivity (Wildman–Crippen MR) is 48.4 cm³/mol. The van der Waals surface area contributed by atoms with Gasteiger partial charge in [-0.25, -0.2) is 13.6 Å². The summed E-state index contributed by atoms with van der Waals surface area (Å²) in [5.74, 6) is -0.0895. The van der Waals surface area contributed by atoms with Crippen LogP contribution >= 0.6 is 0 Å². The van der Waals surface area contributed by atoms with Crippen molar-refractivity contribution in [2.45, 2.75) is 25.0 Å². The molecule has 2 N–H and O–H groups in total. The van der Waals surface area contributed by atoms with E-state index in [2.05, 4.69) is 0 Å². The van der Waals surface area contributed by atoms with E-state index in [0.29, 0.717) is 19.4 Å². The van der Waals surface area contributed by atoms with Crippen molar-refractivity contribution in [1.82, 2.24) is 4.90 Å². The van der Waals surface area contributed by atoms with E-state index >= 15 is 0 Å². The van der Waals surface area contributed by atoms with Crippen LogP contribution in [0.3, 0.4) is 0 Å². The average Bonchev–Trinajstić information content (AvgIpc) is 2.03. The molecule has 0 aromatic rings. The third-order valence-electron chi connectivity index (χ3n) is 2.29. The molecular formula is C7H14N2O3S. The monoisotopic (exact) mass is 206 g/mol. The number of amides is 1. The number of piperidine rings is 1. The Labute approximate surface area is 77.9 Å². The van der Waals surface area contributed by atoms with Crippen LogP contribution in [0, 0.1) is 0 Å². The number of rotatable bonds is 1. The van der Waals surface area contributed by atoms with Crippen LogP contribution < -0.4 is 5.14 Å². The van der Waals surface area contributed by atoms with Crippen LogP contribution in [-0.4, -0.2) is 37.6 Å². The van der Waals surface area contributed by atoms with Gasteiger partial charge in [-0.3, -0.25) is 4.79 Å². The van der Waals surface area contributed by atoms with E-state index in [-0.39, 0.29) is 12.5 Å². The zero-order valence-electron chi connectivity index (χ0n) is 7.56. The summed E-state index contributed by atoms with van der Waals surface area (Å²) < 4.78 is 22.0. The number of nitrogens with two attached hydrogens (primary N) is 1. The van der Waals surface area contributed by atoms with Crippen molar-refractivity contribution in [3.05, 3.63) is 0 Å². The molecule has 0 radical (unpaired) electrons. The Morgan fingerprint density at radius 1 is 1.54 bits per heavy atom. The fourth-order valence-corrected chi connectivity index (χ4v) is 2.38. The third-order valence-corrected chi connectivity index (χ3v) is 3.60. The number of sulfonamides is 1. The molecular weight excluding hydrogens is 192 g/mol. The molecule has 1 saturated heterocycles. The molecule has 1 atom stereocenters. The van der Waals surface area contributed by atoms with Gasteiger partial charge < -0.3 is 4.90 Å². The lowest BCUT2D eigenvalue weighted by atomic mass is 10.1. The molecule has 0 unspecified atom stereocenters. The van der Waals surface area contributed by atoms with Gasteiger partial charge in [0.05, 0.1) is 5.25 Å². The first-order valence-corrected chi connectivity index (χ1v) is 5.79. The number of hydrogen-bond donors (Lipinski definition) is 1. The van der Waals surface area contributed by atoms with Crippen LogP contribution in [0.2, 0.25) is 0 Å². The number of primary sulfonamides is 1. The summed E-state index contributed by atoms with van der Waals surface area (Å²) in [7, 11) is -3.49. The minimum atomic E-state index is -3.49. The summed E-state index contributed by atoms with van der Waals surface area (Å²) in [6.45, 7) is 2.32. The Morgan fingerprint density at radius 2 is 2.15 bits per heavy atom. The fraction of sp³-hybridized carbons (Fsp3) is 0.857. The molecule has 1 aliphatic heterocycles. The maximum absolute atomic E-state index is 11.0. The van der Waals surface area contributed by atoms with E-state index in [0.717, 1.165) is 0 Å². The number of carbonyl (C=O) groups is 1. The Kier molecular flexibility index (Phi) is 2.92. The van der Waals surface area contributed by atoms with Gasteiger partial charge in [-0.15, -0.1) is 0 Å². The highest BCUT2D eigenvalue weighted by Gasteiger charge is 2.28. The van der Waals surface area contributed by atoms with E-state index in [4.69, 9.17) is 5.14 Å². The zero-order valence-corrected chi connectivity index (χ0v) is 8.38. The van der Waals surface area contributed by atoms with E-state index in [1.165, 1.54) is 11.8 Å². The second kappa shape index (κ2) is 3.63. The quantitative estimate of drug-likeness (QED) is 0.615. The molecule has 0 aromatic carbocycles. The molecule has 1 fully saturated rings. The van der Waals surface area contributed by atoms with E-state index < -0.39 is 15.3 Å². The Hall–Kier alpha value is -0.620. The molecule has 0 aromatic heterocycles. The highest BCUT2D eigenvalue weighted by Crippen LogP contribution is 2.14. The van der Waals surface area contributed by atoms with Crippen LogP contribution in [0.25, 0.3) is 0 Å². The van der Waals surface area contributed by atoms with Gasteiger partial charge in [-0.1, -0.05) is 0 Å². The number of carbonyl (C=O) groups excluding carboxylic acids is 1. The molecule has 0 spiro atoms. The van der Waals surface area contributed by atoms with Crippen LogP contribution in [0.4, 0.5) is 0 Å². The topological polar surface area (TPSA) is 80.5 Å². The van der Waals surface area contributed by atoms with Gasteiger partial charge in [-0.2, -0.15) is 0 Å². The molecule has 13 heavy (non-hydrogen) atoms. The van der Waals surface area contributed by atoms with Crippen molar-refractivity contribution in [3.8, 4) is 0 Å². The van der Waals surface area contributed by atoms with Crippen molar-refractivity contribution in [2.75, 3.05) is 13.1 Å². The Balaban J connectivity index is 2.67. The third kappa shape index (κ3) is 2.67. The van der Waals surface area contributed by atoms with Gasteiger partial charge in [-0.05, 0) is 12.8 Å². The first-order valence-electron chi connectivity index (χ1n) is 4.18. The largest absolute Gasteiger partial charge is 0.342 e. The second-order valence-corrected chi connectivity index (χ2v) is 5.16. The van der Waals surface area contributed by atoms with Crippen molar-refractivity contribution in [3.63, 3.8) is 0 Å². The van der Waals surface area contributed by atoms with Gasteiger partial charge in [0.15, 0.2) is 0 Å². The highest BCUT2D eigenvalue weighted by molar-refractivity contribution is 7.89. The average molecular weight is 206 g/mol. The number of likely N-dealkylation sites (tertiary alicyclic amines) is 1. The lowest BCUT2D eigenvalue weighted by molar-refractivity contribution is -0.129. The minimum absolute atomic E-state index is 0.0895. The summed E-state index contributed by atoms with van der Waals surface area (Å²) >= 11 is 0.